The van der Waals surface area contributed by atoms with Crippen LogP contribution < -0.4 is 0 Å². The SMILES string of the molecule is CC(C)c1nc(S(=O)(=O)Cl)c2c(F)cccn12. The van der Waals surface area contributed by atoms with Gasteiger partial charge in [-0.25, -0.2) is 17.8 Å². The largest absolute Gasteiger partial charge is 0.300 e. The fourth-order valence-corrected chi connectivity index (χ4v) is 2.62. The number of aromatic nitrogens is 2. The summed E-state index contributed by atoms with van der Waals surface area (Å²) in [7, 11) is 1.19. The van der Waals surface area contributed by atoms with Gasteiger partial charge in [-0.05, 0) is 12.1 Å². The molecule has 0 aliphatic rings. The molecule has 4 nitrogen and oxygen atoms in total. The first kappa shape index (κ1) is 12.3. The lowest BCUT2D eigenvalue weighted by atomic mass is 10.2. The zero-order valence-electron chi connectivity index (χ0n) is 9.18. The van der Waals surface area contributed by atoms with Gasteiger partial charge in [0.25, 0.3) is 9.05 Å². The summed E-state index contributed by atoms with van der Waals surface area (Å²) in [6, 6.07) is 2.66. The topological polar surface area (TPSA) is 51.4 Å². The molecular weight excluding hydrogens is 267 g/mol. The lowest BCUT2D eigenvalue weighted by molar-refractivity contribution is 0.604. The van der Waals surface area contributed by atoms with E-state index in [1.165, 1.54) is 16.5 Å². The van der Waals surface area contributed by atoms with Crippen molar-refractivity contribution in [1.29, 1.82) is 0 Å². The summed E-state index contributed by atoms with van der Waals surface area (Å²) in [5, 5.41) is -0.430. The van der Waals surface area contributed by atoms with Crippen molar-refractivity contribution in [2.45, 2.75) is 24.8 Å². The first-order valence-corrected chi connectivity index (χ1v) is 7.24. The van der Waals surface area contributed by atoms with Crippen molar-refractivity contribution < 1.29 is 12.8 Å². The van der Waals surface area contributed by atoms with Crippen LogP contribution in [0.15, 0.2) is 23.4 Å². The average molecular weight is 277 g/mol. The quantitative estimate of drug-likeness (QED) is 0.792. The standard InChI is InChI=1S/C10H10ClFN2O2S/c1-6(2)9-13-10(17(11,15)16)8-7(12)4-3-5-14(8)9/h3-6H,1-2H3. The maximum absolute atomic E-state index is 13.7. The molecule has 0 atom stereocenters. The van der Waals surface area contributed by atoms with Crippen LogP contribution in [-0.2, 0) is 9.05 Å². The fourth-order valence-electron chi connectivity index (χ4n) is 1.67. The summed E-state index contributed by atoms with van der Waals surface area (Å²) in [4.78, 5) is 3.92. The molecule has 0 unspecified atom stereocenters. The van der Waals surface area contributed by atoms with Gasteiger partial charge in [-0.1, -0.05) is 13.8 Å². The molecule has 0 radical (unpaired) electrons. The van der Waals surface area contributed by atoms with E-state index < -0.39 is 19.9 Å². The molecule has 2 heterocycles. The van der Waals surface area contributed by atoms with E-state index in [4.69, 9.17) is 10.7 Å². The molecular formula is C10H10ClFN2O2S. The molecule has 0 fully saturated rings. The predicted octanol–water partition coefficient (Wildman–Crippen LogP) is 2.52. The van der Waals surface area contributed by atoms with Gasteiger partial charge in [-0.3, -0.25) is 4.40 Å². The highest BCUT2D eigenvalue weighted by Gasteiger charge is 2.24. The van der Waals surface area contributed by atoms with E-state index in [-0.39, 0.29) is 11.4 Å². The van der Waals surface area contributed by atoms with E-state index in [1.807, 2.05) is 13.8 Å². The fraction of sp³-hybridized carbons (Fsp3) is 0.300. The normalized spacial score (nSPS) is 12.5. The summed E-state index contributed by atoms with van der Waals surface area (Å²) >= 11 is 0. The molecule has 2 aromatic rings. The first-order chi connectivity index (χ1) is 7.82. The summed E-state index contributed by atoms with van der Waals surface area (Å²) in [6.45, 7) is 3.68. The van der Waals surface area contributed by atoms with E-state index in [9.17, 15) is 12.8 Å². The Bertz CT molecular complexity index is 679. The highest BCUT2D eigenvalue weighted by Crippen LogP contribution is 2.26. The number of fused-ring (bicyclic) bond motifs is 1. The van der Waals surface area contributed by atoms with Gasteiger partial charge in [0, 0.05) is 22.8 Å². The van der Waals surface area contributed by atoms with Gasteiger partial charge in [0.15, 0.2) is 5.03 Å². The summed E-state index contributed by atoms with van der Waals surface area (Å²) in [5.41, 5.74) is -0.105. The van der Waals surface area contributed by atoms with Crippen LogP contribution in [0.4, 0.5) is 4.39 Å². The molecule has 0 saturated carbocycles. The molecule has 0 N–H and O–H groups in total. The van der Waals surface area contributed by atoms with Gasteiger partial charge < -0.3 is 0 Å². The highest BCUT2D eigenvalue weighted by atomic mass is 35.7. The third-order valence-corrected chi connectivity index (χ3v) is 3.54. The number of halogens is 2. The maximum Gasteiger partial charge on any atom is 0.280 e. The molecule has 7 heteroatoms. The number of rotatable bonds is 2. The second-order valence-corrected chi connectivity index (χ2v) is 6.42. The molecule has 2 rings (SSSR count). The average Bonchev–Trinajstić information content (AvgIpc) is 2.57. The Balaban J connectivity index is 2.96. The Hall–Kier alpha value is -1.14. The Labute approximate surface area is 102 Å². The minimum absolute atomic E-state index is 0.0449. The van der Waals surface area contributed by atoms with Crippen LogP contribution in [-0.4, -0.2) is 17.8 Å². The summed E-state index contributed by atoms with van der Waals surface area (Å²) in [5.74, 6) is -0.249. The molecule has 0 spiro atoms. The van der Waals surface area contributed by atoms with E-state index in [1.54, 1.807) is 6.20 Å². The Morgan fingerprint density at radius 2 is 2.12 bits per heavy atom. The number of nitrogens with zero attached hydrogens (tertiary/aromatic N) is 2. The van der Waals surface area contributed by atoms with Gasteiger partial charge in [0.1, 0.15) is 17.2 Å². The van der Waals surface area contributed by atoms with E-state index >= 15 is 0 Å². The zero-order chi connectivity index (χ0) is 12.8. The number of hydrogen-bond donors (Lipinski definition) is 0. The molecule has 0 aliphatic carbocycles. The molecule has 0 saturated heterocycles. The third kappa shape index (κ3) is 2.02. The van der Waals surface area contributed by atoms with Gasteiger partial charge in [0.05, 0.1) is 0 Å². The Kier molecular flexibility index (Phi) is 2.87. The van der Waals surface area contributed by atoms with Crippen molar-refractivity contribution in [3.63, 3.8) is 0 Å². The van der Waals surface area contributed by atoms with Crippen molar-refractivity contribution in [3.05, 3.63) is 30.0 Å². The smallest absolute Gasteiger partial charge is 0.280 e. The van der Waals surface area contributed by atoms with Crippen LogP contribution in [0.1, 0.15) is 25.6 Å². The number of hydrogen-bond acceptors (Lipinski definition) is 3. The van der Waals surface area contributed by atoms with Crippen molar-refractivity contribution >= 4 is 25.2 Å². The predicted molar refractivity (Wildman–Crippen MR) is 62.3 cm³/mol. The maximum atomic E-state index is 13.7. The van der Waals surface area contributed by atoms with Crippen molar-refractivity contribution in [2.75, 3.05) is 0 Å². The van der Waals surface area contributed by atoms with Crippen LogP contribution in [0, 0.1) is 5.82 Å². The van der Waals surface area contributed by atoms with Gasteiger partial charge in [0.2, 0.25) is 0 Å². The molecule has 0 bridgehead atoms. The van der Waals surface area contributed by atoms with Gasteiger partial charge in [-0.15, -0.1) is 0 Å². The molecule has 0 amide bonds. The van der Waals surface area contributed by atoms with Gasteiger partial charge >= 0.3 is 0 Å². The number of pyridine rings is 1. The third-order valence-electron chi connectivity index (χ3n) is 2.36. The van der Waals surface area contributed by atoms with Crippen molar-refractivity contribution in [2.24, 2.45) is 0 Å². The van der Waals surface area contributed by atoms with Crippen molar-refractivity contribution in [1.82, 2.24) is 9.38 Å². The van der Waals surface area contributed by atoms with Crippen LogP contribution >= 0.6 is 10.7 Å². The molecule has 2 aromatic heterocycles. The van der Waals surface area contributed by atoms with Gasteiger partial charge in [-0.2, -0.15) is 0 Å². The van der Waals surface area contributed by atoms with Crippen LogP contribution in [0.2, 0.25) is 0 Å². The minimum atomic E-state index is -4.06. The zero-order valence-corrected chi connectivity index (χ0v) is 10.8. The lowest BCUT2D eigenvalue weighted by Crippen LogP contribution is -1.96. The van der Waals surface area contributed by atoms with Crippen molar-refractivity contribution in [3.8, 4) is 0 Å². The minimum Gasteiger partial charge on any atom is -0.300 e. The lowest BCUT2D eigenvalue weighted by Gasteiger charge is -2.03. The second kappa shape index (κ2) is 3.96. The summed E-state index contributed by atoms with van der Waals surface area (Å²) in [6.07, 6.45) is 1.56. The molecule has 0 aromatic carbocycles. The van der Waals surface area contributed by atoms with Crippen LogP contribution in [0.5, 0.6) is 0 Å². The monoisotopic (exact) mass is 276 g/mol. The van der Waals surface area contributed by atoms with E-state index in [0.29, 0.717) is 5.82 Å². The molecule has 92 valence electrons. The van der Waals surface area contributed by atoms with Crippen LogP contribution in [0.3, 0.4) is 0 Å². The summed E-state index contributed by atoms with van der Waals surface area (Å²) < 4.78 is 37.8. The molecule has 0 aliphatic heterocycles. The van der Waals surface area contributed by atoms with E-state index in [2.05, 4.69) is 4.98 Å². The Morgan fingerprint density at radius 3 is 2.65 bits per heavy atom. The Morgan fingerprint density at radius 1 is 1.47 bits per heavy atom. The highest BCUT2D eigenvalue weighted by molar-refractivity contribution is 8.13. The first-order valence-electron chi connectivity index (χ1n) is 4.93. The second-order valence-electron chi connectivity index (χ2n) is 3.94. The molecule has 17 heavy (non-hydrogen) atoms. The van der Waals surface area contributed by atoms with E-state index in [0.717, 1.165) is 0 Å². The number of imidazole rings is 1. The van der Waals surface area contributed by atoms with Crippen LogP contribution in [0.25, 0.3) is 5.52 Å².